The Hall–Kier alpha value is -1.05. The summed E-state index contributed by atoms with van der Waals surface area (Å²) in [6.07, 6.45) is 6.69. The summed E-state index contributed by atoms with van der Waals surface area (Å²) in [6.45, 7) is 0. The topological polar surface area (TPSA) is 22.1 Å². The number of hydrogen-bond acceptors (Lipinski definition) is 2. The molecule has 0 unspecified atom stereocenters. The molecule has 0 atom stereocenters. The maximum absolute atomic E-state index is 5.12. The highest BCUT2D eigenvalue weighted by Gasteiger charge is 2.10. The number of ether oxygens (including phenoxy) is 1. The number of hydrogen-bond donors (Lipinski definition) is 0. The van der Waals surface area contributed by atoms with Gasteiger partial charge >= 0.3 is 0 Å². The number of fused-ring (bicyclic) bond motifs is 1. The maximum Gasteiger partial charge on any atom is 0.137 e. The number of methoxy groups -OCH3 is 1. The zero-order valence-corrected chi connectivity index (χ0v) is 7.34. The highest BCUT2D eigenvalue weighted by atomic mass is 16.5. The maximum atomic E-state index is 5.12. The van der Waals surface area contributed by atoms with Gasteiger partial charge in [0.25, 0.3) is 0 Å². The summed E-state index contributed by atoms with van der Waals surface area (Å²) >= 11 is 0. The molecule has 0 spiro atoms. The van der Waals surface area contributed by atoms with Gasteiger partial charge < -0.3 is 4.74 Å². The van der Waals surface area contributed by atoms with Gasteiger partial charge in [-0.2, -0.15) is 0 Å². The van der Waals surface area contributed by atoms with Crippen LogP contribution >= 0.6 is 0 Å². The highest BCUT2D eigenvalue weighted by Crippen LogP contribution is 2.22. The molecule has 0 fully saturated rings. The second kappa shape index (κ2) is 3.13. The van der Waals surface area contributed by atoms with Gasteiger partial charge in [-0.05, 0) is 37.3 Å². The summed E-state index contributed by atoms with van der Waals surface area (Å²) in [5, 5.41) is 0. The Morgan fingerprint density at radius 3 is 3.00 bits per heavy atom. The molecule has 0 radical (unpaired) electrons. The molecule has 0 saturated carbocycles. The first kappa shape index (κ1) is 7.59. The van der Waals surface area contributed by atoms with E-state index in [1.807, 2.05) is 6.20 Å². The zero-order chi connectivity index (χ0) is 8.39. The fourth-order valence-corrected chi connectivity index (χ4v) is 1.68. The van der Waals surface area contributed by atoms with Crippen LogP contribution in [0.5, 0.6) is 5.75 Å². The predicted molar refractivity (Wildman–Crippen MR) is 47.4 cm³/mol. The third-order valence-electron chi connectivity index (χ3n) is 2.38. The smallest absolute Gasteiger partial charge is 0.137 e. The van der Waals surface area contributed by atoms with Gasteiger partial charge in [0, 0.05) is 5.69 Å². The molecule has 2 rings (SSSR count). The molecule has 64 valence electrons. The van der Waals surface area contributed by atoms with Crippen LogP contribution in [0.4, 0.5) is 0 Å². The normalized spacial score (nSPS) is 15.4. The summed E-state index contributed by atoms with van der Waals surface area (Å²) < 4.78 is 5.12. The Labute approximate surface area is 72.6 Å². The van der Waals surface area contributed by atoms with Crippen LogP contribution in [-0.4, -0.2) is 12.1 Å². The predicted octanol–water partition coefficient (Wildman–Crippen LogP) is 1.97. The Bertz CT molecular complexity index is 283. The summed E-state index contributed by atoms with van der Waals surface area (Å²) in [5.74, 6) is 0.885. The number of rotatable bonds is 1. The third kappa shape index (κ3) is 1.29. The van der Waals surface area contributed by atoms with Gasteiger partial charge in [-0.3, -0.25) is 4.98 Å². The van der Waals surface area contributed by atoms with E-state index in [1.54, 1.807) is 7.11 Å². The molecule has 1 aliphatic carbocycles. The molecule has 12 heavy (non-hydrogen) atoms. The van der Waals surface area contributed by atoms with Gasteiger partial charge in [-0.1, -0.05) is 0 Å². The quantitative estimate of drug-likeness (QED) is 0.631. The Morgan fingerprint density at radius 2 is 2.17 bits per heavy atom. The zero-order valence-electron chi connectivity index (χ0n) is 7.34. The molecule has 0 bridgehead atoms. The number of aromatic nitrogens is 1. The van der Waals surface area contributed by atoms with Gasteiger partial charge in [-0.15, -0.1) is 0 Å². The molecular weight excluding hydrogens is 150 g/mol. The van der Waals surface area contributed by atoms with Crippen molar-refractivity contribution >= 4 is 0 Å². The first-order chi connectivity index (χ1) is 5.90. The van der Waals surface area contributed by atoms with E-state index in [0.717, 1.165) is 12.2 Å². The first-order valence-electron chi connectivity index (χ1n) is 4.42. The molecule has 0 amide bonds. The van der Waals surface area contributed by atoms with Crippen LogP contribution in [0, 0.1) is 0 Å². The van der Waals surface area contributed by atoms with E-state index in [1.165, 1.54) is 30.5 Å². The summed E-state index contributed by atoms with van der Waals surface area (Å²) in [7, 11) is 1.69. The molecule has 0 aromatic carbocycles. The molecule has 1 aliphatic rings. The lowest BCUT2D eigenvalue weighted by Gasteiger charge is -2.14. The minimum absolute atomic E-state index is 0.885. The van der Waals surface area contributed by atoms with Crippen molar-refractivity contribution in [3.63, 3.8) is 0 Å². The Morgan fingerprint density at radius 1 is 1.33 bits per heavy atom. The SMILES string of the molecule is COc1cnc2c(c1)CCCC2. The largest absolute Gasteiger partial charge is 0.495 e. The van der Waals surface area contributed by atoms with Crippen LogP contribution in [-0.2, 0) is 12.8 Å². The molecule has 1 aromatic heterocycles. The lowest BCUT2D eigenvalue weighted by Crippen LogP contribution is -2.05. The molecule has 0 N–H and O–H groups in total. The van der Waals surface area contributed by atoms with Crippen molar-refractivity contribution in [2.75, 3.05) is 7.11 Å². The summed E-state index contributed by atoms with van der Waals surface area (Å²) in [5.41, 5.74) is 2.64. The van der Waals surface area contributed by atoms with Gasteiger partial charge in [-0.25, -0.2) is 0 Å². The van der Waals surface area contributed by atoms with Crippen molar-refractivity contribution in [2.45, 2.75) is 25.7 Å². The van der Waals surface area contributed by atoms with Crippen molar-refractivity contribution in [1.29, 1.82) is 0 Å². The molecule has 0 aliphatic heterocycles. The van der Waals surface area contributed by atoms with Gasteiger partial charge in [0.15, 0.2) is 0 Å². The van der Waals surface area contributed by atoms with E-state index in [-0.39, 0.29) is 0 Å². The van der Waals surface area contributed by atoms with Crippen molar-refractivity contribution in [3.8, 4) is 5.75 Å². The van der Waals surface area contributed by atoms with Crippen LogP contribution in [0.3, 0.4) is 0 Å². The summed E-state index contributed by atoms with van der Waals surface area (Å²) in [4.78, 5) is 4.37. The van der Waals surface area contributed by atoms with Crippen molar-refractivity contribution in [3.05, 3.63) is 23.5 Å². The van der Waals surface area contributed by atoms with Crippen LogP contribution in [0.2, 0.25) is 0 Å². The molecule has 1 aromatic rings. The van der Waals surface area contributed by atoms with Crippen molar-refractivity contribution in [1.82, 2.24) is 4.98 Å². The number of aryl methyl sites for hydroxylation is 2. The lowest BCUT2D eigenvalue weighted by molar-refractivity contribution is 0.411. The molecule has 1 heterocycles. The van der Waals surface area contributed by atoms with E-state index < -0.39 is 0 Å². The minimum Gasteiger partial charge on any atom is -0.495 e. The fourth-order valence-electron chi connectivity index (χ4n) is 1.68. The van der Waals surface area contributed by atoms with E-state index in [0.29, 0.717) is 0 Å². The summed E-state index contributed by atoms with van der Waals surface area (Å²) in [6, 6.07) is 2.11. The van der Waals surface area contributed by atoms with Crippen LogP contribution < -0.4 is 4.74 Å². The standard InChI is InChI=1S/C10H13NO/c1-12-9-6-8-4-2-3-5-10(8)11-7-9/h6-7H,2-5H2,1H3. The van der Waals surface area contributed by atoms with E-state index in [9.17, 15) is 0 Å². The average Bonchev–Trinajstić information content (AvgIpc) is 2.17. The van der Waals surface area contributed by atoms with E-state index in [2.05, 4.69) is 11.1 Å². The van der Waals surface area contributed by atoms with Gasteiger partial charge in [0.05, 0.1) is 13.3 Å². The number of pyridine rings is 1. The van der Waals surface area contributed by atoms with E-state index in [4.69, 9.17) is 4.74 Å². The molecule has 2 heteroatoms. The van der Waals surface area contributed by atoms with Gasteiger partial charge in [0.2, 0.25) is 0 Å². The van der Waals surface area contributed by atoms with Crippen LogP contribution in [0.15, 0.2) is 12.3 Å². The first-order valence-corrected chi connectivity index (χ1v) is 4.42. The fraction of sp³-hybridized carbons (Fsp3) is 0.500. The monoisotopic (exact) mass is 163 g/mol. The van der Waals surface area contributed by atoms with Crippen molar-refractivity contribution in [2.24, 2.45) is 0 Å². The van der Waals surface area contributed by atoms with Crippen LogP contribution in [0.25, 0.3) is 0 Å². The third-order valence-corrected chi connectivity index (χ3v) is 2.38. The molecule has 2 nitrogen and oxygen atoms in total. The Balaban J connectivity index is 2.36. The van der Waals surface area contributed by atoms with Crippen molar-refractivity contribution < 1.29 is 4.74 Å². The average molecular weight is 163 g/mol. The minimum atomic E-state index is 0.885. The second-order valence-corrected chi connectivity index (χ2v) is 3.19. The second-order valence-electron chi connectivity index (χ2n) is 3.19. The molecule has 0 saturated heterocycles. The number of nitrogens with zero attached hydrogens (tertiary/aromatic N) is 1. The van der Waals surface area contributed by atoms with Crippen LogP contribution in [0.1, 0.15) is 24.1 Å². The highest BCUT2D eigenvalue weighted by molar-refractivity contribution is 5.30. The van der Waals surface area contributed by atoms with Gasteiger partial charge in [0.1, 0.15) is 5.75 Å². The molecular formula is C10H13NO. The Kier molecular flexibility index (Phi) is 1.98. The lowest BCUT2D eigenvalue weighted by atomic mass is 9.96. The van der Waals surface area contributed by atoms with E-state index >= 15 is 0 Å².